The number of carbonyl (C=O) groups excluding carboxylic acids is 3. The number of rotatable bonds is 3. The normalized spacial score (nSPS) is 20.3. The standard InChI is InChI=1S/C14H12Br2N2O5S/c15-9-5-8(23-12(9)16)6-10-13(20)18(14(21)24-10)7-11(19)17-1-3-22-4-2-17/h5-6H,1-4,7H2/b10-6+. The first-order valence-electron chi connectivity index (χ1n) is 7.01. The molecule has 0 aliphatic carbocycles. The van der Waals surface area contributed by atoms with Gasteiger partial charge >= 0.3 is 0 Å². The molecular weight excluding hydrogens is 468 g/mol. The zero-order valence-electron chi connectivity index (χ0n) is 12.3. The van der Waals surface area contributed by atoms with Crippen LogP contribution < -0.4 is 0 Å². The molecule has 7 nitrogen and oxygen atoms in total. The van der Waals surface area contributed by atoms with Crippen LogP contribution in [0.25, 0.3) is 6.08 Å². The number of imide groups is 1. The number of hydrogen-bond donors (Lipinski definition) is 0. The van der Waals surface area contributed by atoms with Crippen molar-refractivity contribution < 1.29 is 23.5 Å². The Morgan fingerprint density at radius 1 is 1.29 bits per heavy atom. The minimum absolute atomic E-state index is 0.225. The Balaban J connectivity index is 1.70. The molecular formula is C14H12Br2N2O5S. The minimum Gasteiger partial charge on any atom is -0.449 e. The fraction of sp³-hybridized carbons (Fsp3) is 0.357. The summed E-state index contributed by atoms with van der Waals surface area (Å²) in [6.07, 6.45) is 1.49. The van der Waals surface area contributed by atoms with Crippen LogP contribution in [-0.4, -0.2) is 59.7 Å². The molecule has 1 aromatic heterocycles. The van der Waals surface area contributed by atoms with Gasteiger partial charge in [-0.1, -0.05) is 0 Å². The molecule has 2 saturated heterocycles. The van der Waals surface area contributed by atoms with Gasteiger partial charge in [-0.25, -0.2) is 0 Å². The van der Waals surface area contributed by atoms with Gasteiger partial charge < -0.3 is 14.1 Å². The number of amides is 3. The van der Waals surface area contributed by atoms with Crippen LogP contribution >= 0.6 is 43.6 Å². The molecule has 24 heavy (non-hydrogen) atoms. The maximum Gasteiger partial charge on any atom is 0.294 e. The Morgan fingerprint density at radius 3 is 2.62 bits per heavy atom. The lowest BCUT2D eigenvalue weighted by Crippen LogP contribution is -2.46. The Bertz CT molecular complexity index is 707. The lowest BCUT2D eigenvalue weighted by Gasteiger charge is -2.27. The molecule has 10 heteroatoms. The quantitative estimate of drug-likeness (QED) is 0.620. The van der Waals surface area contributed by atoms with Crippen molar-refractivity contribution >= 4 is 66.8 Å². The molecule has 2 aliphatic rings. The van der Waals surface area contributed by atoms with Crippen molar-refractivity contribution in [1.82, 2.24) is 9.80 Å². The highest BCUT2D eigenvalue weighted by Gasteiger charge is 2.37. The molecule has 2 aliphatic heterocycles. The van der Waals surface area contributed by atoms with Crippen molar-refractivity contribution in [3.05, 3.63) is 25.9 Å². The zero-order valence-corrected chi connectivity index (χ0v) is 16.3. The number of carbonyl (C=O) groups is 3. The van der Waals surface area contributed by atoms with Crippen LogP contribution in [0.15, 0.2) is 24.5 Å². The minimum atomic E-state index is -0.491. The van der Waals surface area contributed by atoms with Gasteiger partial charge in [-0.15, -0.1) is 0 Å². The van der Waals surface area contributed by atoms with E-state index in [9.17, 15) is 14.4 Å². The predicted octanol–water partition coefficient (Wildman–Crippen LogP) is 2.70. The lowest BCUT2D eigenvalue weighted by molar-refractivity contribution is -0.139. The SMILES string of the molecule is O=C(CN1C(=O)S/C(=C/c2cc(Br)c(Br)o2)C1=O)N1CCOCC1. The smallest absolute Gasteiger partial charge is 0.294 e. The maximum absolute atomic E-state index is 12.4. The van der Waals surface area contributed by atoms with E-state index in [0.29, 0.717) is 41.2 Å². The van der Waals surface area contributed by atoms with Gasteiger partial charge in [0.05, 0.1) is 22.6 Å². The van der Waals surface area contributed by atoms with Crippen LogP contribution in [0, 0.1) is 0 Å². The third-order valence-corrected chi connectivity index (χ3v) is 6.09. The molecule has 0 saturated carbocycles. The number of thioether (sulfide) groups is 1. The molecule has 3 rings (SSSR count). The van der Waals surface area contributed by atoms with Crippen molar-refractivity contribution in [3.63, 3.8) is 0 Å². The Hall–Kier alpha value is -1.10. The summed E-state index contributed by atoms with van der Waals surface area (Å²) in [5.41, 5.74) is 0. The second-order valence-electron chi connectivity index (χ2n) is 5.03. The Kier molecular flexibility index (Phi) is 5.48. The average Bonchev–Trinajstić information content (AvgIpc) is 3.01. The summed E-state index contributed by atoms with van der Waals surface area (Å²) in [7, 11) is 0. The van der Waals surface area contributed by atoms with E-state index in [1.807, 2.05) is 0 Å². The summed E-state index contributed by atoms with van der Waals surface area (Å²) in [6.45, 7) is 1.62. The van der Waals surface area contributed by atoms with Crippen molar-refractivity contribution in [3.8, 4) is 0 Å². The van der Waals surface area contributed by atoms with E-state index < -0.39 is 11.1 Å². The second-order valence-corrected chi connectivity index (χ2v) is 7.60. The van der Waals surface area contributed by atoms with Crippen LogP contribution in [0.2, 0.25) is 0 Å². The van der Waals surface area contributed by atoms with Gasteiger partial charge in [0.2, 0.25) is 5.91 Å². The molecule has 0 N–H and O–H groups in total. The number of halogens is 2. The Morgan fingerprint density at radius 2 is 2.00 bits per heavy atom. The van der Waals surface area contributed by atoms with Gasteiger partial charge in [0.1, 0.15) is 12.3 Å². The van der Waals surface area contributed by atoms with Gasteiger partial charge in [0, 0.05) is 19.2 Å². The monoisotopic (exact) mass is 478 g/mol. The van der Waals surface area contributed by atoms with Crippen molar-refractivity contribution in [2.24, 2.45) is 0 Å². The van der Waals surface area contributed by atoms with E-state index in [-0.39, 0.29) is 17.4 Å². The van der Waals surface area contributed by atoms with Gasteiger partial charge in [0.15, 0.2) is 4.67 Å². The van der Waals surface area contributed by atoms with E-state index >= 15 is 0 Å². The average molecular weight is 480 g/mol. The highest BCUT2D eigenvalue weighted by atomic mass is 79.9. The summed E-state index contributed by atoms with van der Waals surface area (Å²) in [4.78, 5) is 39.4. The maximum atomic E-state index is 12.4. The topological polar surface area (TPSA) is 80.1 Å². The van der Waals surface area contributed by atoms with Crippen LogP contribution in [0.1, 0.15) is 5.76 Å². The van der Waals surface area contributed by atoms with Crippen molar-refractivity contribution in [2.75, 3.05) is 32.8 Å². The molecule has 128 valence electrons. The molecule has 3 amide bonds. The summed E-state index contributed by atoms with van der Waals surface area (Å²) < 4.78 is 11.8. The highest BCUT2D eigenvalue weighted by molar-refractivity contribution is 9.13. The highest BCUT2D eigenvalue weighted by Crippen LogP contribution is 2.34. The van der Waals surface area contributed by atoms with Crippen LogP contribution in [0.4, 0.5) is 4.79 Å². The van der Waals surface area contributed by atoms with Crippen molar-refractivity contribution in [2.45, 2.75) is 0 Å². The summed E-state index contributed by atoms with van der Waals surface area (Å²) in [6, 6.07) is 1.68. The van der Waals surface area contributed by atoms with Crippen molar-refractivity contribution in [1.29, 1.82) is 0 Å². The van der Waals surface area contributed by atoms with Gasteiger partial charge in [-0.2, -0.15) is 0 Å². The first-order valence-corrected chi connectivity index (χ1v) is 9.41. The van der Waals surface area contributed by atoms with Crippen LogP contribution in [0.5, 0.6) is 0 Å². The molecule has 0 unspecified atom stereocenters. The summed E-state index contributed by atoms with van der Waals surface area (Å²) >= 11 is 7.28. The molecule has 0 aromatic carbocycles. The molecule has 2 fully saturated rings. The van der Waals surface area contributed by atoms with E-state index in [2.05, 4.69) is 31.9 Å². The van der Waals surface area contributed by atoms with Crippen LogP contribution in [-0.2, 0) is 14.3 Å². The predicted molar refractivity (Wildman–Crippen MR) is 94.2 cm³/mol. The number of morpholine rings is 1. The zero-order chi connectivity index (χ0) is 17.3. The van der Waals surface area contributed by atoms with E-state index in [1.54, 1.807) is 11.0 Å². The lowest BCUT2D eigenvalue weighted by atomic mass is 10.3. The molecule has 0 atom stereocenters. The summed E-state index contributed by atoms with van der Waals surface area (Å²) in [5, 5.41) is -0.461. The molecule has 3 heterocycles. The number of hydrogen-bond acceptors (Lipinski definition) is 6. The van der Waals surface area contributed by atoms with Gasteiger partial charge in [0.25, 0.3) is 11.1 Å². The largest absolute Gasteiger partial charge is 0.449 e. The second kappa shape index (κ2) is 7.42. The Labute approximate surface area is 158 Å². The third kappa shape index (κ3) is 3.76. The molecule has 0 radical (unpaired) electrons. The fourth-order valence-corrected chi connectivity index (χ4v) is 3.67. The number of nitrogens with zero attached hydrogens (tertiary/aromatic N) is 2. The molecule has 0 bridgehead atoms. The first kappa shape index (κ1) is 17.7. The van der Waals surface area contributed by atoms with E-state index in [1.165, 1.54) is 6.08 Å². The van der Waals surface area contributed by atoms with E-state index in [0.717, 1.165) is 16.7 Å². The van der Waals surface area contributed by atoms with Gasteiger partial charge in [-0.3, -0.25) is 19.3 Å². The summed E-state index contributed by atoms with van der Waals surface area (Å²) in [5.74, 6) is -0.320. The molecule has 0 spiro atoms. The fourth-order valence-electron chi connectivity index (χ4n) is 2.25. The number of ether oxygens (including phenoxy) is 1. The van der Waals surface area contributed by atoms with Gasteiger partial charge in [-0.05, 0) is 49.7 Å². The third-order valence-electron chi connectivity index (χ3n) is 3.47. The van der Waals surface area contributed by atoms with E-state index in [4.69, 9.17) is 9.15 Å². The number of furan rings is 1. The first-order chi connectivity index (χ1) is 11.5. The molecule has 1 aromatic rings. The van der Waals surface area contributed by atoms with Crippen LogP contribution in [0.3, 0.4) is 0 Å².